The first-order valence-electron chi connectivity index (χ1n) is 9.78. The molecule has 9 nitrogen and oxygen atoms in total. The minimum absolute atomic E-state index is 0.0955. The molecular formula is C22H16N4O5S. The van der Waals surface area contributed by atoms with E-state index in [4.69, 9.17) is 9.52 Å². The minimum Gasteiger partial charge on any atom is -0.481 e. The van der Waals surface area contributed by atoms with Gasteiger partial charge in [0.2, 0.25) is 5.16 Å². The number of rotatable bonds is 6. The Morgan fingerprint density at radius 1 is 1.28 bits per heavy atom. The van der Waals surface area contributed by atoms with Crippen molar-refractivity contribution in [2.24, 2.45) is 0 Å². The van der Waals surface area contributed by atoms with Crippen LogP contribution >= 0.6 is 11.8 Å². The van der Waals surface area contributed by atoms with Crippen molar-refractivity contribution in [1.29, 1.82) is 0 Å². The van der Waals surface area contributed by atoms with Crippen molar-refractivity contribution in [3.8, 4) is 22.5 Å². The number of nitro groups is 1. The van der Waals surface area contributed by atoms with E-state index in [-0.39, 0.29) is 16.6 Å². The van der Waals surface area contributed by atoms with Gasteiger partial charge in [-0.2, -0.15) is 0 Å². The number of carbonyl (C=O) groups is 1. The predicted octanol–water partition coefficient (Wildman–Crippen LogP) is 4.93. The van der Waals surface area contributed by atoms with Gasteiger partial charge >= 0.3 is 5.97 Å². The van der Waals surface area contributed by atoms with Crippen molar-refractivity contribution in [3.05, 3.63) is 63.9 Å². The predicted molar refractivity (Wildman–Crippen MR) is 119 cm³/mol. The van der Waals surface area contributed by atoms with Gasteiger partial charge in [0.05, 0.1) is 10.7 Å². The highest BCUT2D eigenvalue weighted by Crippen LogP contribution is 2.39. The van der Waals surface area contributed by atoms with Gasteiger partial charge in [0, 0.05) is 40.6 Å². The molecule has 0 fully saturated rings. The van der Waals surface area contributed by atoms with Crippen LogP contribution in [0.15, 0.2) is 52.0 Å². The number of H-pyrrole nitrogens is 1. The van der Waals surface area contributed by atoms with Crippen molar-refractivity contribution in [3.63, 3.8) is 0 Å². The van der Waals surface area contributed by atoms with E-state index in [2.05, 4.69) is 27.3 Å². The summed E-state index contributed by atoms with van der Waals surface area (Å²) in [5.74, 6) is 0.0626. The molecule has 0 saturated heterocycles. The van der Waals surface area contributed by atoms with Gasteiger partial charge in [-0.05, 0) is 18.1 Å². The Morgan fingerprint density at radius 3 is 2.94 bits per heavy atom. The number of fused-ring (bicyclic) bond motifs is 3. The largest absolute Gasteiger partial charge is 0.481 e. The van der Waals surface area contributed by atoms with E-state index in [1.54, 1.807) is 6.07 Å². The van der Waals surface area contributed by atoms with Gasteiger partial charge in [-0.25, -0.2) is 4.98 Å². The van der Waals surface area contributed by atoms with E-state index in [1.165, 1.54) is 12.1 Å². The molecule has 0 radical (unpaired) electrons. The Kier molecular flexibility index (Phi) is 4.98. The van der Waals surface area contributed by atoms with E-state index in [1.807, 2.05) is 18.2 Å². The molecule has 2 heterocycles. The van der Waals surface area contributed by atoms with Crippen LogP contribution in [0.4, 0.5) is 5.69 Å². The number of para-hydroxylation sites is 1. The number of aromatic nitrogens is 3. The van der Waals surface area contributed by atoms with E-state index < -0.39 is 10.9 Å². The molecule has 0 bridgehead atoms. The zero-order chi connectivity index (χ0) is 22.2. The first-order valence-corrected chi connectivity index (χ1v) is 10.8. The van der Waals surface area contributed by atoms with Crippen LogP contribution in [0, 0.1) is 10.1 Å². The summed E-state index contributed by atoms with van der Waals surface area (Å²) in [6.45, 7) is 0. The van der Waals surface area contributed by atoms with Crippen LogP contribution in [0.2, 0.25) is 0 Å². The fourth-order valence-corrected chi connectivity index (χ4v) is 4.29. The van der Waals surface area contributed by atoms with Crippen LogP contribution in [0.5, 0.6) is 0 Å². The van der Waals surface area contributed by atoms with E-state index in [9.17, 15) is 14.9 Å². The topological polar surface area (TPSA) is 135 Å². The van der Waals surface area contributed by atoms with Crippen LogP contribution in [0.3, 0.4) is 0 Å². The number of hydrogen-bond acceptors (Lipinski definition) is 7. The molecule has 2 aromatic heterocycles. The van der Waals surface area contributed by atoms with Gasteiger partial charge in [-0.1, -0.05) is 42.1 Å². The number of aromatic amines is 1. The molecule has 2 aromatic carbocycles. The van der Waals surface area contributed by atoms with Crippen LogP contribution in [-0.2, 0) is 11.2 Å². The second-order valence-corrected chi connectivity index (χ2v) is 8.18. The number of benzene rings is 2. The van der Waals surface area contributed by atoms with Gasteiger partial charge in [-0.15, -0.1) is 5.10 Å². The number of thioether (sulfide) groups is 1. The number of aryl methyl sites for hydroxylation is 1. The number of aliphatic carboxylic acids is 1. The molecule has 2 N–H and O–H groups in total. The number of non-ortho nitro benzene ring substituents is 1. The first-order chi connectivity index (χ1) is 15.5. The maximum atomic E-state index is 11.6. The highest BCUT2D eigenvalue weighted by molar-refractivity contribution is 7.99. The molecule has 1 aliphatic carbocycles. The highest BCUT2D eigenvalue weighted by Gasteiger charge is 2.20. The fraction of sp³-hybridized carbons (Fsp3) is 0.136. The molecule has 0 atom stereocenters. The molecule has 5 rings (SSSR count). The second kappa shape index (κ2) is 7.97. The smallest absolute Gasteiger partial charge is 0.313 e. The van der Waals surface area contributed by atoms with E-state index in [0.717, 1.165) is 46.9 Å². The number of furan rings is 1. The summed E-state index contributed by atoms with van der Waals surface area (Å²) in [6.07, 6.45) is 5.89. The first kappa shape index (κ1) is 20.0. The Hall–Kier alpha value is -3.92. The zero-order valence-corrected chi connectivity index (χ0v) is 17.4. The summed E-state index contributed by atoms with van der Waals surface area (Å²) in [5, 5.41) is 28.4. The van der Waals surface area contributed by atoms with Gasteiger partial charge in [0.1, 0.15) is 11.3 Å². The van der Waals surface area contributed by atoms with E-state index in [0.29, 0.717) is 22.5 Å². The Morgan fingerprint density at radius 2 is 2.12 bits per heavy atom. The van der Waals surface area contributed by atoms with Crippen molar-refractivity contribution in [2.75, 3.05) is 5.75 Å². The number of carboxylic acid groups (broad SMARTS) is 1. The number of carboxylic acids is 1. The van der Waals surface area contributed by atoms with Crippen molar-refractivity contribution < 1.29 is 19.2 Å². The summed E-state index contributed by atoms with van der Waals surface area (Å²) >= 11 is 0.964. The Bertz CT molecular complexity index is 1400. The summed E-state index contributed by atoms with van der Waals surface area (Å²) < 4.78 is 6.16. The average molecular weight is 448 g/mol. The molecule has 0 unspecified atom stereocenters. The minimum atomic E-state index is -0.983. The normalized spacial score (nSPS) is 12.8. The summed E-state index contributed by atoms with van der Waals surface area (Å²) in [5.41, 5.74) is 3.47. The van der Waals surface area contributed by atoms with Crippen molar-refractivity contribution in [2.45, 2.75) is 18.0 Å². The Labute approximate surface area is 185 Å². The molecule has 1 aliphatic rings. The molecule has 160 valence electrons. The van der Waals surface area contributed by atoms with Gasteiger partial charge in [0.15, 0.2) is 5.82 Å². The molecular weight excluding hydrogens is 432 g/mol. The van der Waals surface area contributed by atoms with Gasteiger partial charge in [0.25, 0.3) is 5.69 Å². The number of hydrogen-bond donors (Lipinski definition) is 2. The highest BCUT2D eigenvalue weighted by atomic mass is 32.2. The maximum Gasteiger partial charge on any atom is 0.313 e. The lowest BCUT2D eigenvalue weighted by Gasteiger charge is -2.06. The summed E-state index contributed by atoms with van der Waals surface area (Å²) in [4.78, 5) is 26.2. The number of allylic oxidation sites excluding steroid dienone is 1. The molecule has 4 aromatic rings. The third-order valence-corrected chi connectivity index (χ3v) is 5.99. The molecule has 32 heavy (non-hydrogen) atoms. The molecule has 0 saturated carbocycles. The van der Waals surface area contributed by atoms with Crippen LogP contribution in [-0.4, -0.2) is 36.9 Å². The Balaban J connectivity index is 1.62. The number of nitrogens with one attached hydrogen (secondary N) is 1. The van der Waals surface area contributed by atoms with Crippen molar-refractivity contribution in [1.82, 2.24) is 15.2 Å². The summed E-state index contributed by atoms with van der Waals surface area (Å²) in [7, 11) is 0. The zero-order valence-electron chi connectivity index (χ0n) is 16.6. The number of nitro benzene ring substituents is 1. The SMILES string of the molecule is O=C(O)CSc1n[nH]c(-c2cc(-c3cccc4c5c(oc34)CCC=C5)cc([N+](=O)[O-])c2)n1. The number of nitrogens with zero attached hydrogens (tertiary/aromatic N) is 3. The maximum absolute atomic E-state index is 11.6. The molecule has 0 aliphatic heterocycles. The molecule has 0 spiro atoms. The average Bonchev–Trinajstić information content (AvgIpc) is 3.42. The second-order valence-electron chi connectivity index (χ2n) is 7.24. The van der Waals surface area contributed by atoms with Crippen LogP contribution in [0.1, 0.15) is 17.7 Å². The monoisotopic (exact) mass is 448 g/mol. The molecule has 10 heteroatoms. The van der Waals surface area contributed by atoms with Gasteiger partial charge < -0.3 is 9.52 Å². The third kappa shape index (κ3) is 3.65. The van der Waals surface area contributed by atoms with E-state index >= 15 is 0 Å². The third-order valence-electron chi connectivity index (χ3n) is 5.16. The fourth-order valence-electron chi connectivity index (χ4n) is 3.77. The van der Waals surface area contributed by atoms with Gasteiger partial charge in [-0.3, -0.25) is 20.0 Å². The standard InChI is InChI=1S/C22H16N4O5S/c27-19(28)11-32-22-23-21(24-25-22)13-8-12(9-14(10-13)26(29)30)15-5-3-6-17-16-4-1-2-7-18(16)31-20(15)17/h1,3-6,8-10H,2,7,11H2,(H,27,28)(H,23,24,25). The lowest BCUT2D eigenvalue weighted by molar-refractivity contribution is -0.384. The van der Waals surface area contributed by atoms with Crippen molar-refractivity contribution >= 4 is 40.5 Å². The quantitative estimate of drug-likeness (QED) is 0.241. The molecule has 0 amide bonds. The van der Waals surface area contributed by atoms with Crippen LogP contribution < -0.4 is 0 Å². The lowest BCUT2D eigenvalue weighted by atomic mass is 9.97. The lowest BCUT2D eigenvalue weighted by Crippen LogP contribution is -1.97. The summed E-state index contributed by atoms with van der Waals surface area (Å²) in [6, 6.07) is 10.5. The van der Waals surface area contributed by atoms with Crippen LogP contribution in [0.25, 0.3) is 39.6 Å².